The molecule has 6 rings (SSSR count). The van der Waals surface area contributed by atoms with E-state index < -0.39 is 92.4 Å². The topological polar surface area (TPSA) is 278 Å². The highest BCUT2D eigenvalue weighted by atomic mass is 35.5. The second kappa shape index (κ2) is 12.1. The van der Waals surface area contributed by atoms with Crippen LogP contribution in [-0.4, -0.2) is 123 Å². The van der Waals surface area contributed by atoms with Crippen LogP contribution in [-0.2, 0) is 24.0 Å². The fourth-order valence-electron chi connectivity index (χ4n) is 5.82. The van der Waals surface area contributed by atoms with Crippen LogP contribution in [0.2, 0.25) is 5.02 Å². The summed E-state index contributed by atoms with van der Waals surface area (Å²) >= 11 is 7.69. The van der Waals surface area contributed by atoms with E-state index in [2.05, 4.69) is 20.9 Å². The number of oxime groups is 1. The maximum absolute atomic E-state index is 13.6. The van der Waals surface area contributed by atoms with Crippen molar-refractivity contribution in [2.24, 2.45) is 5.16 Å². The molecule has 1 aliphatic carbocycles. The molecule has 19 nitrogen and oxygen atoms in total. The molecule has 4 fully saturated rings. The fourth-order valence-corrected chi connectivity index (χ4v) is 8.33. The third kappa shape index (κ3) is 5.46. The third-order valence-electron chi connectivity index (χ3n) is 8.59. The molecule has 4 atom stereocenters. The van der Waals surface area contributed by atoms with Crippen LogP contribution >= 0.6 is 34.7 Å². The van der Waals surface area contributed by atoms with Crippen molar-refractivity contribution in [3.05, 3.63) is 33.8 Å². The first-order valence-electron chi connectivity index (χ1n) is 14.5. The molecular formula is C27H27ClN8O11S2. The summed E-state index contributed by atoms with van der Waals surface area (Å²) in [4.78, 5) is 87.4. The van der Waals surface area contributed by atoms with Crippen molar-refractivity contribution in [2.45, 2.75) is 54.1 Å². The summed E-state index contributed by atoms with van der Waals surface area (Å²) in [5, 5.41) is 46.8. The van der Waals surface area contributed by atoms with E-state index in [-0.39, 0.29) is 35.8 Å². The summed E-state index contributed by atoms with van der Waals surface area (Å²) in [7, 11) is 0. The summed E-state index contributed by atoms with van der Waals surface area (Å²) in [6.45, 7) is 0.918. The van der Waals surface area contributed by atoms with Gasteiger partial charge in [-0.3, -0.25) is 24.7 Å². The van der Waals surface area contributed by atoms with Crippen molar-refractivity contribution in [3.63, 3.8) is 0 Å². The van der Waals surface area contributed by atoms with Gasteiger partial charge in [0, 0.05) is 18.2 Å². The molecule has 1 saturated carbocycles. The summed E-state index contributed by atoms with van der Waals surface area (Å²) < 4.78 is 0. The first-order valence-corrected chi connectivity index (χ1v) is 16.6. The number of halogens is 1. The number of carbonyl (C=O) groups is 6. The number of hydrogen-bond donors (Lipinski definition) is 7. The second-order valence-corrected chi connectivity index (χ2v) is 14.3. The molecule has 1 aromatic heterocycles. The minimum absolute atomic E-state index is 0.0371. The monoisotopic (exact) mass is 738 g/mol. The minimum Gasteiger partial charge on any atom is -0.504 e. The van der Waals surface area contributed by atoms with E-state index in [0.29, 0.717) is 6.42 Å². The van der Waals surface area contributed by atoms with Crippen LogP contribution in [0.1, 0.15) is 42.2 Å². The molecule has 0 unspecified atom stereocenters. The zero-order valence-corrected chi connectivity index (χ0v) is 27.5. The smallest absolute Gasteiger partial charge is 0.350 e. The van der Waals surface area contributed by atoms with Crippen molar-refractivity contribution < 1.29 is 54.0 Å². The van der Waals surface area contributed by atoms with E-state index >= 15 is 0 Å². The molecule has 3 saturated heterocycles. The number of anilines is 1. The maximum Gasteiger partial charge on any atom is 0.350 e. The van der Waals surface area contributed by atoms with Crippen LogP contribution in [0.3, 0.4) is 0 Å². The molecule has 49 heavy (non-hydrogen) atoms. The number of β-lactam (4-membered cyclic amide) rings is 1. The van der Waals surface area contributed by atoms with Gasteiger partial charge in [0.15, 0.2) is 22.3 Å². The quantitative estimate of drug-likeness (QED) is 0.0741. The zero-order valence-electron chi connectivity index (χ0n) is 25.2. The van der Waals surface area contributed by atoms with E-state index in [4.69, 9.17) is 22.2 Å². The number of nitrogen functional groups attached to an aromatic ring is 1. The number of hydrazine groups is 1. The van der Waals surface area contributed by atoms with Crippen molar-refractivity contribution in [1.29, 1.82) is 0 Å². The van der Waals surface area contributed by atoms with Crippen LogP contribution in [0.4, 0.5) is 9.93 Å². The lowest BCUT2D eigenvalue weighted by molar-refractivity contribution is -0.178. The summed E-state index contributed by atoms with van der Waals surface area (Å²) in [6, 6.07) is -0.849. The number of carboxylic acid groups (broad SMARTS) is 2. The van der Waals surface area contributed by atoms with Gasteiger partial charge in [-0.05, 0) is 25.5 Å². The zero-order chi connectivity index (χ0) is 35.6. The number of amides is 5. The number of thiazole rings is 1. The van der Waals surface area contributed by atoms with Gasteiger partial charge in [0.2, 0.25) is 16.4 Å². The van der Waals surface area contributed by atoms with Gasteiger partial charge in [0.05, 0.1) is 29.7 Å². The third-order valence-corrected chi connectivity index (χ3v) is 11.3. The first kappa shape index (κ1) is 33.9. The van der Waals surface area contributed by atoms with Gasteiger partial charge in [-0.25, -0.2) is 24.4 Å². The molecule has 2 aromatic rings. The lowest BCUT2D eigenvalue weighted by Crippen LogP contribution is -2.68. The van der Waals surface area contributed by atoms with E-state index in [1.165, 1.54) is 10.3 Å². The van der Waals surface area contributed by atoms with Gasteiger partial charge < -0.3 is 41.2 Å². The lowest BCUT2D eigenvalue weighted by atomic mass is 9.80. The van der Waals surface area contributed by atoms with E-state index in [1.807, 2.05) is 0 Å². The number of aromatic nitrogens is 1. The van der Waals surface area contributed by atoms with Crippen LogP contribution in [0.5, 0.6) is 11.5 Å². The Labute approximate surface area is 288 Å². The van der Waals surface area contributed by atoms with Gasteiger partial charge >= 0.3 is 18.0 Å². The molecule has 4 heterocycles. The van der Waals surface area contributed by atoms with Gasteiger partial charge in [0.1, 0.15) is 17.1 Å². The number of phenolic OH excluding ortho intramolecular Hbond substituents is 2. The molecule has 4 aliphatic rings. The Kier molecular flexibility index (Phi) is 8.39. The number of phenols is 2. The number of nitrogens with one attached hydrogen (secondary N) is 2. The standard InChI is InChI=1S/C27H27ClN8O11S2/c1-10-7-35(32-18(39)11-3-4-13(37)17(38)14(11)28)25(46)36(10)27(23(44)45)9-34-20(41)16(21(34)49-27)31-19(40)15(12-8-48-24(29)30-12)33-47-26(22(42)43)5-2-6-26/h3-4,8,10,16,21,37-38H,2,5-7,9H2,1H3,(H2,29,30)(H,31,40)(H,32,39)(H,42,43)(H,44,45)/b33-15-/t10-,16-,21-,27-/m1/s1. The molecule has 0 radical (unpaired) electrons. The summed E-state index contributed by atoms with van der Waals surface area (Å²) in [5.41, 5.74) is 5.67. The molecule has 5 amide bonds. The Bertz CT molecular complexity index is 1840. The molecule has 3 aliphatic heterocycles. The number of rotatable bonds is 10. The number of nitrogens with zero attached hydrogens (tertiary/aromatic N) is 5. The summed E-state index contributed by atoms with van der Waals surface area (Å²) in [6.07, 6.45) is 0.896. The van der Waals surface area contributed by atoms with Gasteiger partial charge in [0.25, 0.3) is 11.8 Å². The molecule has 22 heteroatoms. The van der Waals surface area contributed by atoms with E-state index in [9.17, 15) is 49.2 Å². The number of thioether (sulfide) groups is 1. The van der Waals surface area contributed by atoms with Crippen molar-refractivity contribution in [3.8, 4) is 11.5 Å². The number of aliphatic carboxylic acids is 2. The summed E-state index contributed by atoms with van der Waals surface area (Å²) in [5.74, 6) is -6.58. The van der Waals surface area contributed by atoms with Crippen LogP contribution in [0.15, 0.2) is 22.7 Å². The predicted octanol–water partition coefficient (Wildman–Crippen LogP) is 0.170. The Morgan fingerprint density at radius 3 is 2.47 bits per heavy atom. The van der Waals surface area contributed by atoms with Crippen LogP contribution < -0.4 is 16.5 Å². The number of hydrogen-bond acceptors (Lipinski definition) is 14. The van der Waals surface area contributed by atoms with E-state index in [1.54, 1.807) is 6.92 Å². The van der Waals surface area contributed by atoms with Crippen molar-refractivity contribution in [2.75, 3.05) is 18.8 Å². The molecule has 1 aromatic carbocycles. The second-order valence-electron chi connectivity index (χ2n) is 11.6. The highest BCUT2D eigenvalue weighted by molar-refractivity contribution is 8.02. The Morgan fingerprint density at radius 1 is 1.16 bits per heavy atom. The number of carboxylic acids is 2. The number of carbonyl (C=O) groups excluding carboxylic acids is 4. The SMILES string of the molecule is C[C@@H]1CN(NC(=O)c2ccc(O)c(O)c2Cl)C(=O)N1[C@]1(C(=O)O)CN2C(=O)[C@@H](NC(=O)/C(=N\OC3(C(=O)O)CCC3)c3csc(N)n3)[C@H]2S1. The molecular weight excluding hydrogens is 712 g/mol. The number of benzene rings is 1. The van der Waals surface area contributed by atoms with Crippen molar-refractivity contribution in [1.82, 2.24) is 30.5 Å². The van der Waals surface area contributed by atoms with Crippen LogP contribution in [0.25, 0.3) is 0 Å². The van der Waals surface area contributed by atoms with E-state index in [0.717, 1.165) is 45.1 Å². The molecule has 0 bridgehead atoms. The first-order chi connectivity index (χ1) is 23.1. The number of fused-ring (bicyclic) bond motifs is 1. The van der Waals surface area contributed by atoms with Crippen molar-refractivity contribution >= 4 is 81.2 Å². The molecule has 8 N–H and O–H groups in total. The maximum atomic E-state index is 13.6. The van der Waals surface area contributed by atoms with Crippen LogP contribution in [0, 0.1) is 0 Å². The molecule has 260 valence electrons. The lowest BCUT2D eigenvalue weighted by Gasteiger charge is -2.41. The predicted molar refractivity (Wildman–Crippen MR) is 169 cm³/mol. The highest BCUT2D eigenvalue weighted by Crippen LogP contribution is 2.50. The number of aromatic hydroxyl groups is 2. The fraction of sp³-hybridized carbons (Fsp3) is 0.407. The Balaban J connectivity index is 1.19. The number of nitrogens with two attached hydrogens (primary N) is 1. The minimum atomic E-state index is -2.04. The normalized spacial score (nSPS) is 25.7. The number of urea groups is 1. The average Bonchev–Trinajstić information content (AvgIpc) is 3.69. The Morgan fingerprint density at radius 2 is 1.88 bits per heavy atom. The van der Waals surface area contributed by atoms with Gasteiger partial charge in [-0.2, -0.15) is 0 Å². The average molecular weight is 739 g/mol. The van der Waals surface area contributed by atoms with Gasteiger partial charge in [-0.1, -0.05) is 28.5 Å². The molecule has 0 spiro atoms. The Hall–Kier alpha value is -5.02. The largest absolute Gasteiger partial charge is 0.504 e. The highest BCUT2D eigenvalue weighted by Gasteiger charge is 2.67. The van der Waals surface area contributed by atoms with Gasteiger partial charge in [-0.15, -0.1) is 11.3 Å².